The Morgan fingerprint density at radius 2 is 1.58 bits per heavy atom. The molecule has 2 heteroatoms. The number of nitrogens with zero attached hydrogens (tertiary/aromatic N) is 1. The lowest BCUT2D eigenvalue weighted by molar-refractivity contribution is 0.313. The van der Waals surface area contributed by atoms with Gasteiger partial charge in [-0.2, -0.15) is 0 Å². The highest BCUT2D eigenvalue weighted by atomic mass is 15.1. The van der Waals surface area contributed by atoms with Gasteiger partial charge in [0.25, 0.3) is 0 Å². The number of nitrogens with one attached hydrogen (secondary N) is 1. The van der Waals surface area contributed by atoms with E-state index < -0.39 is 0 Å². The second kappa shape index (κ2) is 10.9. The van der Waals surface area contributed by atoms with Crippen LogP contribution in [0.25, 0.3) is 0 Å². The summed E-state index contributed by atoms with van der Waals surface area (Å²) < 4.78 is 0. The van der Waals surface area contributed by atoms with Gasteiger partial charge in [-0.05, 0) is 27.1 Å². The lowest BCUT2D eigenvalue weighted by Crippen LogP contribution is -2.29. The Balaban J connectivity index is 0. The molecule has 0 aromatic heterocycles. The van der Waals surface area contributed by atoms with Crippen molar-refractivity contribution < 1.29 is 0 Å². The fourth-order valence-corrected chi connectivity index (χ4v) is 1.08. The molecule has 0 amide bonds. The first-order valence-electron chi connectivity index (χ1n) is 5.18. The van der Waals surface area contributed by atoms with E-state index in [9.17, 15) is 0 Å². The maximum absolute atomic E-state index is 3.31. The Morgan fingerprint density at radius 1 is 1.08 bits per heavy atom. The fourth-order valence-electron chi connectivity index (χ4n) is 1.08. The van der Waals surface area contributed by atoms with Crippen molar-refractivity contribution in [2.45, 2.75) is 40.2 Å². The summed E-state index contributed by atoms with van der Waals surface area (Å²) in [5.74, 6) is 0. The van der Waals surface area contributed by atoms with Crippen molar-refractivity contribution in [1.82, 2.24) is 10.2 Å². The number of rotatable bonds is 1. The summed E-state index contributed by atoms with van der Waals surface area (Å²) in [6.07, 6.45) is 1.31. The van der Waals surface area contributed by atoms with Crippen LogP contribution in [0.1, 0.15) is 34.1 Å². The summed E-state index contributed by atoms with van der Waals surface area (Å²) in [4.78, 5) is 2.28. The van der Waals surface area contributed by atoms with E-state index in [2.05, 4.69) is 24.3 Å². The zero-order valence-corrected chi connectivity index (χ0v) is 9.65. The molecule has 1 rings (SSSR count). The SMILES string of the molecule is CC.CC.CN(C)C1CCNC1. The zero-order chi connectivity index (χ0) is 9.98. The quantitative estimate of drug-likeness (QED) is 0.654. The predicted molar refractivity (Wildman–Crippen MR) is 57.7 cm³/mol. The maximum atomic E-state index is 3.31. The summed E-state index contributed by atoms with van der Waals surface area (Å²) in [7, 11) is 4.27. The molecule has 1 saturated heterocycles. The Morgan fingerprint density at radius 3 is 1.75 bits per heavy atom. The fraction of sp³-hybridized carbons (Fsp3) is 1.00. The Labute approximate surface area is 78.3 Å². The van der Waals surface area contributed by atoms with Crippen molar-refractivity contribution in [3.8, 4) is 0 Å². The molecule has 2 nitrogen and oxygen atoms in total. The molecule has 0 aliphatic carbocycles. The Kier molecular flexibility index (Phi) is 13.1. The number of hydrogen-bond acceptors (Lipinski definition) is 2. The van der Waals surface area contributed by atoms with Crippen molar-refractivity contribution >= 4 is 0 Å². The first-order chi connectivity index (χ1) is 5.80. The maximum Gasteiger partial charge on any atom is 0.0226 e. The lowest BCUT2D eigenvalue weighted by atomic mass is 10.2. The Hall–Kier alpha value is -0.0800. The van der Waals surface area contributed by atoms with E-state index in [1.165, 1.54) is 19.5 Å². The van der Waals surface area contributed by atoms with Crippen molar-refractivity contribution in [3.63, 3.8) is 0 Å². The highest BCUT2D eigenvalue weighted by molar-refractivity contribution is 4.76. The van der Waals surface area contributed by atoms with Crippen LogP contribution in [0.2, 0.25) is 0 Å². The van der Waals surface area contributed by atoms with E-state index in [1.807, 2.05) is 27.7 Å². The molecule has 0 bridgehead atoms. The first-order valence-corrected chi connectivity index (χ1v) is 5.18. The third-order valence-electron chi connectivity index (χ3n) is 1.76. The monoisotopic (exact) mass is 174 g/mol. The molecule has 1 unspecified atom stereocenters. The molecule has 12 heavy (non-hydrogen) atoms. The van der Waals surface area contributed by atoms with Crippen LogP contribution in [0, 0.1) is 0 Å². The molecule has 1 N–H and O–H groups in total. The second-order valence-corrected chi connectivity index (χ2v) is 2.61. The van der Waals surface area contributed by atoms with E-state index in [0.29, 0.717) is 0 Å². The van der Waals surface area contributed by atoms with Crippen molar-refractivity contribution in [2.24, 2.45) is 0 Å². The highest BCUT2D eigenvalue weighted by Crippen LogP contribution is 2.01. The van der Waals surface area contributed by atoms with Crippen LogP contribution in [0.3, 0.4) is 0 Å². The molecular weight excluding hydrogens is 148 g/mol. The molecular formula is C10H26N2. The van der Waals surface area contributed by atoms with E-state index in [4.69, 9.17) is 0 Å². The van der Waals surface area contributed by atoms with Gasteiger partial charge >= 0.3 is 0 Å². The molecule has 0 radical (unpaired) electrons. The summed E-state index contributed by atoms with van der Waals surface area (Å²) in [5, 5.41) is 3.31. The van der Waals surface area contributed by atoms with E-state index in [1.54, 1.807) is 0 Å². The zero-order valence-electron chi connectivity index (χ0n) is 9.65. The smallest absolute Gasteiger partial charge is 0.0226 e. The summed E-state index contributed by atoms with van der Waals surface area (Å²) >= 11 is 0. The van der Waals surface area contributed by atoms with Gasteiger partial charge in [0, 0.05) is 12.6 Å². The largest absolute Gasteiger partial charge is 0.315 e. The van der Waals surface area contributed by atoms with Crippen LogP contribution >= 0.6 is 0 Å². The molecule has 1 heterocycles. The van der Waals surface area contributed by atoms with Gasteiger partial charge in [0.2, 0.25) is 0 Å². The van der Waals surface area contributed by atoms with E-state index in [-0.39, 0.29) is 0 Å². The summed E-state index contributed by atoms with van der Waals surface area (Å²) in [5.41, 5.74) is 0. The minimum Gasteiger partial charge on any atom is -0.315 e. The number of hydrogen-bond donors (Lipinski definition) is 1. The van der Waals surface area contributed by atoms with Crippen molar-refractivity contribution in [1.29, 1.82) is 0 Å². The van der Waals surface area contributed by atoms with Crippen LogP contribution in [0.15, 0.2) is 0 Å². The lowest BCUT2D eigenvalue weighted by Gasteiger charge is -2.16. The molecule has 1 fully saturated rings. The average Bonchev–Trinajstić information content (AvgIpc) is 2.64. The molecule has 76 valence electrons. The normalized spacial score (nSPS) is 20.8. The molecule has 1 aliphatic heterocycles. The first kappa shape index (κ1) is 14.4. The minimum absolute atomic E-state index is 0.787. The second-order valence-electron chi connectivity index (χ2n) is 2.61. The summed E-state index contributed by atoms with van der Waals surface area (Å²) in [6.45, 7) is 10.4. The Bertz CT molecular complexity index is 66.2. The van der Waals surface area contributed by atoms with Crippen LogP contribution in [-0.2, 0) is 0 Å². The van der Waals surface area contributed by atoms with Gasteiger partial charge in [-0.25, -0.2) is 0 Å². The predicted octanol–water partition coefficient (Wildman–Crippen LogP) is 1.96. The molecule has 0 aromatic rings. The van der Waals surface area contributed by atoms with Gasteiger partial charge in [0.05, 0.1) is 0 Å². The topological polar surface area (TPSA) is 15.3 Å². The van der Waals surface area contributed by atoms with E-state index in [0.717, 1.165) is 6.04 Å². The van der Waals surface area contributed by atoms with Crippen LogP contribution < -0.4 is 5.32 Å². The standard InChI is InChI=1S/C6H14N2.2C2H6/c1-8(2)6-3-4-7-5-6;2*1-2/h6-7H,3-5H2,1-2H3;2*1-2H3. The minimum atomic E-state index is 0.787. The third-order valence-corrected chi connectivity index (χ3v) is 1.76. The summed E-state index contributed by atoms with van der Waals surface area (Å²) in [6, 6.07) is 0.787. The van der Waals surface area contributed by atoms with E-state index >= 15 is 0 Å². The van der Waals surface area contributed by atoms with Crippen molar-refractivity contribution in [2.75, 3.05) is 27.2 Å². The number of likely N-dealkylation sites (N-methyl/N-ethyl adjacent to an activating group) is 1. The van der Waals surface area contributed by atoms with Gasteiger partial charge in [-0.1, -0.05) is 27.7 Å². The van der Waals surface area contributed by atoms with Crippen LogP contribution in [-0.4, -0.2) is 38.1 Å². The average molecular weight is 174 g/mol. The van der Waals surface area contributed by atoms with Crippen LogP contribution in [0.5, 0.6) is 0 Å². The van der Waals surface area contributed by atoms with Gasteiger partial charge in [-0.15, -0.1) is 0 Å². The molecule has 0 saturated carbocycles. The molecule has 0 spiro atoms. The van der Waals surface area contributed by atoms with Gasteiger partial charge in [0.15, 0.2) is 0 Å². The third kappa shape index (κ3) is 6.62. The van der Waals surface area contributed by atoms with Crippen LogP contribution in [0.4, 0.5) is 0 Å². The molecule has 0 aromatic carbocycles. The van der Waals surface area contributed by atoms with Crippen molar-refractivity contribution in [3.05, 3.63) is 0 Å². The molecule has 1 aliphatic rings. The van der Waals surface area contributed by atoms with Gasteiger partial charge < -0.3 is 10.2 Å². The van der Waals surface area contributed by atoms with Gasteiger partial charge in [-0.3, -0.25) is 0 Å². The van der Waals surface area contributed by atoms with Gasteiger partial charge in [0.1, 0.15) is 0 Å². The highest BCUT2D eigenvalue weighted by Gasteiger charge is 2.14. The molecule has 1 atom stereocenters.